The van der Waals surface area contributed by atoms with Gasteiger partial charge in [0.25, 0.3) is 5.91 Å². The molecule has 0 aliphatic carbocycles. The average molecular weight is 414 g/mol. The second kappa shape index (κ2) is 9.11. The number of hydrazine groups is 1. The molecule has 0 atom stereocenters. The number of carbonyl (C=O) groups is 1. The third kappa shape index (κ3) is 5.26. The summed E-state index contributed by atoms with van der Waals surface area (Å²) in [5.41, 5.74) is 13.1. The fourth-order valence-corrected chi connectivity index (χ4v) is 2.58. The van der Waals surface area contributed by atoms with Gasteiger partial charge in [0.2, 0.25) is 5.88 Å². The number of rotatable bonds is 7. The Kier molecular flexibility index (Phi) is 6.36. The highest BCUT2D eigenvalue weighted by atomic mass is 35.5. The maximum absolute atomic E-state index is 12.0. The van der Waals surface area contributed by atoms with Crippen LogP contribution >= 0.6 is 11.6 Å². The topological polar surface area (TPSA) is 111 Å². The Balaban J connectivity index is 1.62. The van der Waals surface area contributed by atoms with Crippen molar-refractivity contribution in [1.82, 2.24) is 15.4 Å². The molecule has 0 aliphatic heterocycles. The minimum atomic E-state index is -0.404. The molecular weight excluding hydrogens is 394 g/mol. The Labute approximate surface area is 173 Å². The van der Waals surface area contributed by atoms with Crippen molar-refractivity contribution in [3.8, 4) is 17.4 Å². The van der Waals surface area contributed by atoms with Crippen LogP contribution in [-0.4, -0.2) is 22.5 Å². The smallest absolute Gasteiger partial charge is 0.276 e. The lowest BCUT2D eigenvalue weighted by Crippen LogP contribution is -2.34. The number of nitrogens with zero attached hydrogens (tertiary/aromatic N) is 2. The summed E-state index contributed by atoms with van der Waals surface area (Å²) >= 11 is 6.18. The van der Waals surface area contributed by atoms with E-state index in [1.807, 2.05) is 32.0 Å². The maximum Gasteiger partial charge on any atom is 0.276 e. The van der Waals surface area contributed by atoms with E-state index in [1.54, 1.807) is 24.3 Å². The maximum atomic E-state index is 12.0. The number of nitrogens with two attached hydrogens (primary N) is 1. The molecule has 2 aromatic carbocycles. The monoisotopic (exact) mass is 413 g/mol. The third-order valence-corrected chi connectivity index (χ3v) is 4.50. The summed E-state index contributed by atoms with van der Waals surface area (Å²) in [7, 11) is 0. The van der Waals surface area contributed by atoms with Crippen molar-refractivity contribution in [2.45, 2.75) is 13.8 Å². The number of anilines is 2. The minimum Gasteiger partial charge on any atom is -0.484 e. The van der Waals surface area contributed by atoms with Crippen LogP contribution in [-0.2, 0) is 4.79 Å². The highest BCUT2D eigenvalue weighted by Gasteiger charge is 2.13. The van der Waals surface area contributed by atoms with Crippen LogP contribution in [0.5, 0.6) is 17.4 Å². The lowest BCUT2D eigenvalue weighted by atomic mass is 10.1. The van der Waals surface area contributed by atoms with Gasteiger partial charge in [-0.1, -0.05) is 29.8 Å². The molecule has 4 N–H and O–H groups in total. The number of aromatic nitrogens is 2. The van der Waals surface area contributed by atoms with E-state index in [4.69, 9.17) is 26.8 Å². The number of benzene rings is 2. The van der Waals surface area contributed by atoms with Crippen molar-refractivity contribution >= 4 is 29.0 Å². The van der Waals surface area contributed by atoms with E-state index in [0.717, 1.165) is 11.1 Å². The molecule has 0 saturated carbocycles. The molecule has 9 heteroatoms. The first kappa shape index (κ1) is 20.2. The third-order valence-electron chi connectivity index (χ3n) is 3.91. The molecule has 1 aromatic heterocycles. The Morgan fingerprint density at radius 3 is 2.48 bits per heavy atom. The van der Waals surface area contributed by atoms with Gasteiger partial charge in [0.1, 0.15) is 23.5 Å². The fraction of sp³-hybridized carbons (Fsp3) is 0.150. The van der Waals surface area contributed by atoms with Gasteiger partial charge in [-0.3, -0.25) is 15.6 Å². The first-order chi connectivity index (χ1) is 13.9. The van der Waals surface area contributed by atoms with Gasteiger partial charge in [-0.25, -0.2) is 4.98 Å². The molecule has 29 heavy (non-hydrogen) atoms. The first-order valence-corrected chi connectivity index (χ1v) is 9.09. The SMILES string of the molecule is Cc1cc(Oc2ncnc(NNC(=O)COc3ccccc3)c2N)cc(C)c1Cl. The van der Waals surface area contributed by atoms with Gasteiger partial charge >= 0.3 is 0 Å². The highest BCUT2D eigenvalue weighted by molar-refractivity contribution is 6.32. The summed E-state index contributed by atoms with van der Waals surface area (Å²) in [5.74, 6) is 1.08. The zero-order chi connectivity index (χ0) is 20.8. The number of nitrogen functional groups attached to an aromatic ring is 1. The van der Waals surface area contributed by atoms with Gasteiger partial charge in [-0.05, 0) is 49.2 Å². The van der Waals surface area contributed by atoms with E-state index < -0.39 is 5.91 Å². The molecule has 3 rings (SSSR count). The van der Waals surface area contributed by atoms with E-state index in [1.165, 1.54) is 6.33 Å². The largest absolute Gasteiger partial charge is 0.484 e. The number of aryl methyl sites for hydroxylation is 2. The molecule has 1 heterocycles. The number of carbonyl (C=O) groups excluding carboxylic acids is 1. The molecule has 0 spiro atoms. The Morgan fingerprint density at radius 2 is 1.79 bits per heavy atom. The predicted octanol–water partition coefficient (Wildman–Crippen LogP) is 3.64. The number of amides is 1. The summed E-state index contributed by atoms with van der Waals surface area (Å²) in [6.45, 7) is 3.59. The Morgan fingerprint density at radius 1 is 1.10 bits per heavy atom. The van der Waals surface area contributed by atoms with Crippen molar-refractivity contribution in [3.63, 3.8) is 0 Å². The summed E-state index contributed by atoms with van der Waals surface area (Å²) in [6.07, 6.45) is 1.27. The number of hydrogen-bond donors (Lipinski definition) is 3. The van der Waals surface area contributed by atoms with Crippen LogP contribution in [0.15, 0.2) is 48.8 Å². The average Bonchev–Trinajstić information content (AvgIpc) is 2.72. The molecule has 150 valence electrons. The second-order valence-electron chi connectivity index (χ2n) is 6.19. The quantitative estimate of drug-likeness (QED) is 0.507. The summed E-state index contributed by atoms with van der Waals surface area (Å²) < 4.78 is 11.1. The van der Waals surface area contributed by atoms with Gasteiger partial charge in [-0.2, -0.15) is 4.98 Å². The molecule has 0 fully saturated rings. The molecular formula is C20H20ClN5O3. The van der Waals surface area contributed by atoms with Gasteiger partial charge in [0, 0.05) is 5.02 Å². The number of ether oxygens (including phenoxy) is 2. The van der Waals surface area contributed by atoms with Crippen LogP contribution in [0.1, 0.15) is 11.1 Å². The van der Waals surface area contributed by atoms with Crippen LogP contribution in [0, 0.1) is 13.8 Å². The van der Waals surface area contributed by atoms with Crippen molar-refractivity contribution < 1.29 is 14.3 Å². The van der Waals surface area contributed by atoms with E-state index >= 15 is 0 Å². The van der Waals surface area contributed by atoms with E-state index in [9.17, 15) is 4.79 Å². The lowest BCUT2D eigenvalue weighted by molar-refractivity contribution is -0.122. The molecule has 3 aromatic rings. The van der Waals surface area contributed by atoms with E-state index in [-0.39, 0.29) is 24.0 Å². The summed E-state index contributed by atoms with van der Waals surface area (Å²) in [6, 6.07) is 12.6. The van der Waals surface area contributed by atoms with Crippen LogP contribution in [0.2, 0.25) is 5.02 Å². The lowest BCUT2D eigenvalue weighted by Gasteiger charge is -2.13. The number of hydrogen-bond acceptors (Lipinski definition) is 7. The fourth-order valence-electron chi connectivity index (χ4n) is 2.47. The van der Waals surface area contributed by atoms with Crippen molar-refractivity contribution in [2.75, 3.05) is 17.8 Å². The van der Waals surface area contributed by atoms with Gasteiger partial charge < -0.3 is 15.2 Å². The molecule has 0 unspecified atom stereocenters. The van der Waals surface area contributed by atoms with Crippen LogP contribution < -0.4 is 26.1 Å². The first-order valence-electron chi connectivity index (χ1n) is 8.72. The van der Waals surface area contributed by atoms with Crippen molar-refractivity contribution in [3.05, 3.63) is 64.9 Å². The van der Waals surface area contributed by atoms with Gasteiger partial charge in [0.15, 0.2) is 12.4 Å². The number of nitrogens with one attached hydrogen (secondary N) is 2. The molecule has 0 aliphatic rings. The highest BCUT2D eigenvalue weighted by Crippen LogP contribution is 2.32. The predicted molar refractivity (Wildman–Crippen MR) is 111 cm³/mol. The zero-order valence-electron chi connectivity index (χ0n) is 15.9. The number of para-hydroxylation sites is 1. The molecule has 0 saturated heterocycles. The Hall–Kier alpha value is -3.52. The molecule has 0 bridgehead atoms. The van der Waals surface area contributed by atoms with Crippen molar-refractivity contribution in [2.24, 2.45) is 0 Å². The summed E-state index contributed by atoms with van der Waals surface area (Å²) in [4.78, 5) is 20.0. The zero-order valence-corrected chi connectivity index (χ0v) is 16.7. The number of halogens is 1. The van der Waals surface area contributed by atoms with Gasteiger partial charge in [0.05, 0.1) is 0 Å². The van der Waals surface area contributed by atoms with Crippen molar-refractivity contribution in [1.29, 1.82) is 0 Å². The summed E-state index contributed by atoms with van der Waals surface area (Å²) in [5, 5.41) is 0.677. The van der Waals surface area contributed by atoms with Crippen LogP contribution in [0.3, 0.4) is 0 Å². The second-order valence-corrected chi connectivity index (χ2v) is 6.57. The Bertz CT molecular complexity index is 991. The van der Waals surface area contributed by atoms with E-state index in [2.05, 4.69) is 20.8 Å². The normalized spacial score (nSPS) is 10.3. The van der Waals surface area contributed by atoms with Crippen LogP contribution in [0.4, 0.5) is 11.5 Å². The molecule has 8 nitrogen and oxygen atoms in total. The van der Waals surface area contributed by atoms with E-state index in [0.29, 0.717) is 16.5 Å². The standard InChI is InChI=1S/C20H20ClN5O3/c1-12-8-15(9-13(2)17(12)21)29-20-18(22)19(23-11-24-20)26-25-16(27)10-28-14-6-4-3-5-7-14/h3-9,11H,10,22H2,1-2H3,(H,25,27)(H,23,24,26). The van der Waals surface area contributed by atoms with Gasteiger partial charge in [-0.15, -0.1) is 0 Å². The molecule has 1 amide bonds. The molecule has 0 radical (unpaired) electrons. The minimum absolute atomic E-state index is 0.141. The van der Waals surface area contributed by atoms with Crippen LogP contribution in [0.25, 0.3) is 0 Å².